The van der Waals surface area contributed by atoms with E-state index >= 15 is 0 Å². The lowest BCUT2D eigenvalue weighted by molar-refractivity contribution is 0.224. The van der Waals surface area contributed by atoms with Gasteiger partial charge in [-0.3, -0.25) is 4.57 Å². The van der Waals surface area contributed by atoms with Crippen LogP contribution in [0.15, 0.2) is 10.7 Å². The van der Waals surface area contributed by atoms with E-state index in [-0.39, 0.29) is 0 Å². The molecule has 0 aromatic carbocycles. The van der Waals surface area contributed by atoms with Gasteiger partial charge in [0.05, 0.1) is 18.5 Å². The van der Waals surface area contributed by atoms with Crippen LogP contribution >= 0.6 is 19.4 Å². The van der Waals surface area contributed by atoms with Crippen molar-refractivity contribution in [2.45, 2.75) is 20.8 Å². The zero-order chi connectivity index (χ0) is 10.6. The highest BCUT2D eigenvalue weighted by molar-refractivity contribution is 8.02. The Morgan fingerprint density at radius 2 is 2.07 bits per heavy atom. The van der Waals surface area contributed by atoms with Gasteiger partial charge in [0.25, 0.3) is 0 Å². The largest absolute Gasteiger partial charge is 0.358 e. The molecule has 1 atom stereocenters. The van der Waals surface area contributed by atoms with E-state index in [0.717, 1.165) is 11.1 Å². The summed E-state index contributed by atoms with van der Waals surface area (Å²) in [4.78, 5) is 0. The Kier molecular flexibility index (Phi) is 4.71. The zero-order valence-corrected chi connectivity index (χ0v) is 10.6. The fourth-order valence-corrected chi connectivity index (χ4v) is 4.85. The number of rotatable bonds is 5. The standard InChI is InChI=1S/C9H17O3PS/c1-4-11-13(10,12-5-2)9-7-14-6-8(9)3/h7-8H,4-6H2,1-3H3. The van der Waals surface area contributed by atoms with Gasteiger partial charge >= 0.3 is 7.60 Å². The zero-order valence-electron chi connectivity index (χ0n) is 8.86. The Morgan fingerprint density at radius 1 is 1.50 bits per heavy atom. The molecule has 0 N–H and O–H groups in total. The highest BCUT2D eigenvalue weighted by Crippen LogP contribution is 2.61. The summed E-state index contributed by atoms with van der Waals surface area (Å²) in [6.07, 6.45) is 0. The van der Waals surface area contributed by atoms with Crippen LogP contribution in [0.4, 0.5) is 0 Å². The maximum absolute atomic E-state index is 12.3. The maximum Gasteiger partial charge on any atom is 0.358 e. The smallest absolute Gasteiger partial charge is 0.306 e. The minimum atomic E-state index is -2.98. The molecule has 0 fully saturated rings. The Balaban J connectivity index is 2.81. The topological polar surface area (TPSA) is 35.5 Å². The lowest BCUT2D eigenvalue weighted by atomic mass is 10.2. The molecule has 1 aliphatic rings. The highest BCUT2D eigenvalue weighted by Gasteiger charge is 2.35. The summed E-state index contributed by atoms with van der Waals surface area (Å²) in [6.45, 7) is 6.56. The summed E-state index contributed by atoms with van der Waals surface area (Å²) in [6, 6.07) is 0. The molecular weight excluding hydrogens is 219 g/mol. The Morgan fingerprint density at radius 3 is 2.43 bits per heavy atom. The van der Waals surface area contributed by atoms with Crippen LogP contribution < -0.4 is 0 Å². The molecule has 5 heteroatoms. The molecule has 0 aliphatic carbocycles. The van der Waals surface area contributed by atoms with Crippen molar-refractivity contribution in [2.24, 2.45) is 5.92 Å². The molecule has 82 valence electrons. The average Bonchev–Trinajstić information content (AvgIpc) is 2.52. The average molecular weight is 236 g/mol. The van der Waals surface area contributed by atoms with E-state index < -0.39 is 7.60 Å². The third-order valence-electron chi connectivity index (χ3n) is 1.97. The molecule has 1 aliphatic heterocycles. The first-order valence-corrected chi connectivity index (χ1v) is 7.44. The first kappa shape index (κ1) is 12.3. The Bertz CT molecular complexity index is 255. The molecule has 14 heavy (non-hydrogen) atoms. The maximum atomic E-state index is 12.3. The Hall–Kier alpha value is 0.240. The fraction of sp³-hybridized carbons (Fsp3) is 0.778. The third kappa shape index (κ3) is 2.63. The van der Waals surface area contributed by atoms with Crippen LogP contribution in [0.25, 0.3) is 0 Å². The van der Waals surface area contributed by atoms with Crippen LogP contribution in [0.1, 0.15) is 20.8 Å². The van der Waals surface area contributed by atoms with E-state index in [1.165, 1.54) is 0 Å². The van der Waals surface area contributed by atoms with Gasteiger partial charge < -0.3 is 9.05 Å². The van der Waals surface area contributed by atoms with E-state index in [1.54, 1.807) is 11.8 Å². The van der Waals surface area contributed by atoms with E-state index in [2.05, 4.69) is 6.92 Å². The van der Waals surface area contributed by atoms with Crippen molar-refractivity contribution in [3.05, 3.63) is 10.7 Å². The molecule has 0 aromatic rings. The molecule has 0 saturated heterocycles. The predicted octanol–water partition coefficient (Wildman–Crippen LogP) is 3.48. The SMILES string of the molecule is CCOP(=O)(OCC)C1=CSCC1C. The molecular formula is C9H17O3PS. The van der Waals surface area contributed by atoms with Crippen LogP contribution in [0, 0.1) is 5.92 Å². The van der Waals surface area contributed by atoms with Gasteiger partial charge in [0, 0.05) is 5.75 Å². The second kappa shape index (κ2) is 5.36. The second-order valence-corrected chi connectivity index (χ2v) is 6.04. The Labute approximate surface area is 89.8 Å². The first-order chi connectivity index (χ1) is 6.64. The van der Waals surface area contributed by atoms with Crippen molar-refractivity contribution in [3.63, 3.8) is 0 Å². The number of hydrogen-bond acceptors (Lipinski definition) is 4. The van der Waals surface area contributed by atoms with E-state index in [9.17, 15) is 4.57 Å². The number of hydrogen-bond donors (Lipinski definition) is 0. The van der Waals surface area contributed by atoms with Gasteiger partial charge in [0.15, 0.2) is 0 Å². The van der Waals surface area contributed by atoms with Gasteiger partial charge in [-0.1, -0.05) is 6.92 Å². The third-order valence-corrected chi connectivity index (χ3v) is 5.66. The van der Waals surface area contributed by atoms with Crippen LogP contribution in [0.5, 0.6) is 0 Å². The van der Waals surface area contributed by atoms with Crippen LogP contribution in [-0.2, 0) is 13.6 Å². The molecule has 1 heterocycles. The summed E-state index contributed by atoms with van der Waals surface area (Å²) in [5.74, 6) is 1.27. The highest BCUT2D eigenvalue weighted by atomic mass is 32.2. The van der Waals surface area contributed by atoms with Crippen molar-refractivity contribution in [1.82, 2.24) is 0 Å². The van der Waals surface area contributed by atoms with Crippen molar-refractivity contribution in [3.8, 4) is 0 Å². The van der Waals surface area contributed by atoms with Crippen molar-refractivity contribution < 1.29 is 13.6 Å². The lowest BCUT2D eigenvalue weighted by Crippen LogP contribution is -2.04. The summed E-state index contributed by atoms with van der Waals surface area (Å²) >= 11 is 1.67. The van der Waals surface area contributed by atoms with Gasteiger partial charge in [0.2, 0.25) is 0 Å². The van der Waals surface area contributed by atoms with Crippen LogP contribution in [0.2, 0.25) is 0 Å². The van der Waals surface area contributed by atoms with Crippen molar-refractivity contribution in [2.75, 3.05) is 19.0 Å². The number of allylic oxidation sites excluding steroid dienone is 1. The lowest BCUT2D eigenvalue weighted by Gasteiger charge is -2.20. The second-order valence-electron chi connectivity index (χ2n) is 3.11. The number of thioether (sulfide) groups is 1. The van der Waals surface area contributed by atoms with Gasteiger partial charge in [0.1, 0.15) is 0 Å². The van der Waals surface area contributed by atoms with Gasteiger partial charge in [-0.25, -0.2) is 0 Å². The summed E-state index contributed by atoms with van der Waals surface area (Å²) < 4.78 is 22.9. The van der Waals surface area contributed by atoms with Crippen LogP contribution in [-0.4, -0.2) is 19.0 Å². The van der Waals surface area contributed by atoms with E-state index in [0.29, 0.717) is 19.1 Å². The molecule has 0 amide bonds. The first-order valence-electron chi connectivity index (χ1n) is 4.85. The van der Waals surface area contributed by atoms with Gasteiger partial charge in [-0.05, 0) is 25.2 Å². The predicted molar refractivity (Wildman–Crippen MR) is 60.6 cm³/mol. The minimum Gasteiger partial charge on any atom is -0.306 e. The quantitative estimate of drug-likeness (QED) is 0.685. The molecule has 0 aromatic heterocycles. The molecule has 1 unspecified atom stereocenters. The van der Waals surface area contributed by atoms with E-state index in [4.69, 9.17) is 9.05 Å². The molecule has 0 saturated carbocycles. The van der Waals surface area contributed by atoms with Gasteiger partial charge in [-0.2, -0.15) is 0 Å². The molecule has 3 nitrogen and oxygen atoms in total. The monoisotopic (exact) mass is 236 g/mol. The molecule has 1 rings (SSSR count). The molecule has 0 spiro atoms. The normalized spacial score (nSPS) is 22.5. The molecule has 0 bridgehead atoms. The van der Waals surface area contributed by atoms with Crippen LogP contribution in [0.3, 0.4) is 0 Å². The molecule has 0 radical (unpaired) electrons. The summed E-state index contributed by atoms with van der Waals surface area (Å²) in [5, 5.41) is 2.77. The van der Waals surface area contributed by atoms with Crippen molar-refractivity contribution in [1.29, 1.82) is 0 Å². The van der Waals surface area contributed by atoms with Crippen molar-refractivity contribution >= 4 is 19.4 Å². The summed E-state index contributed by atoms with van der Waals surface area (Å²) in [7, 11) is -2.98. The van der Waals surface area contributed by atoms with Gasteiger partial charge in [-0.15, -0.1) is 11.8 Å². The van der Waals surface area contributed by atoms with E-state index in [1.807, 2.05) is 19.3 Å². The summed E-state index contributed by atoms with van der Waals surface area (Å²) in [5.41, 5.74) is 0. The fourth-order valence-electron chi connectivity index (χ4n) is 1.34. The minimum absolute atomic E-state index is 0.295.